The van der Waals surface area contributed by atoms with Crippen LogP contribution in [0.15, 0.2) is 38.6 Å². The van der Waals surface area contributed by atoms with E-state index in [1.807, 2.05) is 19.1 Å². The predicted molar refractivity (Wildman–Crippen MR) is 92.8 cm³/mol. The lowest BCUT2D eigenvalue weighted by atomic mass is 10.3. The van der Waals surface area contributed by atoms with Crippen LogP contribution in [0.25, 0.3) is 11.0 Å². The first-order valence-electron chi connectivity index (χ1n) is 6.07. The van der Waals surface area contributed by atoms with Gasteiger partial charge in [-0.2, -0.15) is 0 Å². The summed E-state index contributed by atoms with van der Waals surface area (Å²) in [5, 5.41) is 1.97. The van der Waals surface area contributed by atoms with E-state index >= 15 is 0 Å². The molecule has 20 heavy (non-hydrogen) atoms. The molecular formula is C14H11Br2ClN2S. The largest absolute Gasteiger partial charge is 0.321 e. The average molecular weight is 435 g/mol. The van der Waals surface area contributed by atoms with Gasteiger partial charge in [0.15, 0.2) is 0 Å². The molecule has 2 nitrogen and oxygen atoms in total. The van der Waals surface area contributed by atoms with Gasteiger partial charge in [-0.3, -0.25) is 0 Å². The highest BCUT2D eigenvalue weighted by atomic mass is 79.9. The summed E-state index contributed by atoms with van der Waals surface area (Å²) < 4.78 is 4.35. The van der Waals surface area contributed by atoms with E-state index < -0.39 is 0 Å². The van der Waals surface area contributed by atoms with Crippen molar-refractivity contribution in [3.8, 4) is 0 Å². The molecule has 0 bridgehead atoms. The Hall–Kier alpha value is -0.360. The second-order valence-electron chi connectivity index (χ2n) is 4.54. The number of rotatable bonds is 3. The molecule has 0 N–H and O–H groups in total. The number of nitrogens with zero attached hydrogens (tertiary/aromatic N) is 2. The van der Waals surface area contributed by atoms with Gasteiger partial charge >= 0.3 is 0 Å². The van der Waals surface area contributed by atoms with Crippen LogP contribution in [0.2, 0.25) is 0 Å². The fourth-order valence-corrected chi connectivity index (χ4v) is 4.13. The minimum atomic E-state index is -0.121. The van der Waals surface area contributed by atoms with E-state index in [0.717, 1.165) is 32.3 Å². The number of thiophene rings is 1. The number of benzene rings is 1. The van der Waals surface area contributed by atoms with Crippen molar-refractivity contribution in [2.45, 2.75) is 18.8 Å². The zero-order valence-corrected chi connectivity index (χ0v) is 15.4. The lowest BCUT2D eigenvalue weighted by Crippen LogP contribution is -2.04. The molecule has 0 saturated heterocycles. The van der Waals surface area contributed by atoms with Gasteiger partial charge in [0.2, 0.25) is 0 Å². The molecule has 0 saturated carbocycles. The molecule has 6 heteroatoms. The number of aromatic nitrogens is 2. The molecule has 0 spiro atoms. The van der Waals surface area contributed by atoms with Gasteiger partial charge < -0.3 is 4.57 Å². The Kier molecular flexibility index (Phi) is 4.22. The summed E-state index contributed by atoms with van der Waals surface area (Å²) in [5.74, 6) is 0.907. The zero-order chi connectivity index (χ0) is 14.3. The Labute approximate surface area is 143 Å². The molecule has 0 amide bonds. The minimum Gasteiger partial charge on any atom is -0.321 e. The van der Waals surface area contributed by atoms with Gasteiger partial charge in [-0.15, -0.1) is 22.9 Å². The van der Waals surface area contributed by atoms with Crippen LogP contribution in [-0.4, -0.2) is 9.55 Å². The van der Waals surface area contributed by atoms with Gasteiger partial charge in [-0.05, 0) is 47.1 Å². The molecule has 0 radical (unpaired) electrons. The molecule has 1 atom stereocenters. The Morgan fingerprint density at radius 3 is 2.75 bits per heavy atom. The van der Waals surface area contributed by atoms with Crippen LogP contribution in [-0.2, 0) is 6.54 Å². The monoisotopic (exact) mass is 432 g/mol. The maximum absolute atomic E-state index is 6.29. The van der Waals surface area contributed by atoms with Crippen LogP contribution >= 0.6 is 54.8 Å². The summed E-state index contributed by atoms with van der Waals surface area (Å²) in [5.41, 5.74) is 2.08. The van der Waals surface area contributed by atoms with Crippen molar-refractivity contribution >= 4 is 65.8 Å². The predicted octanol–water partition coefficient (Wildman–Crippen LogP) is 5.97. The Bertz CT molecular complexity index is 764. The highest BCUT2D eigenvalue weighted by molar-refractivity contribution is 9.10. The highest BCUT2D eigenvalue weighted by Crippen LogP contribution is 2.29. The summed E-state index contributed by atoms with van der Waals surface area (Å²) in [4.78, 5) is 5.93. The highest BCUT2D eigenvalue weighted by Gasteiger charge is 2.16. The number of halogens is 3. The molecular weight excluding hydrogens is 423 g/mol. The van der Waals surface area contributed by atoms with Crippen molar-refractivity contribution in [3.05, 3.63) is 49.3 Å². The number of imidazole rings is 1. The first kappa shape index (κ1) is 14.6. The second-order valence-corrected chi connectivity index (χ2v) is 8.02. The van der Waals surface area contributed by atoms with E-state index in [2.05, 4.69) is 58.9 Å². The first-order chi connectivity index (χ1) is 9.54. The molecule has 0 fully saturated rings. The normalized spacial score (nSPS) is 13.0. The molecule has 3 rings (SSSR count). The SMILES string of the molecule is CC(Cl)c1nc2ccc(Br)cc2n1Cc1cc(Br)cs1. The van der Waals surface area contributed by atoms with Gasteiger partial charge in [0.1, 0.15) is 5.82 Å². The third-order valence-electron chi connectivity index (χ3n) is 3.03. The van der Waals surface area contributed by atoms with E-state index in [1.165, 1.54) is 4.88 Å². The Morgan fingerprint density at radius 1 is 1.30 bits per heavy atom. The van der Waals surface area contributed by atoms with Gasteiger partial charge in [0.05, 0.1) is 23.0 Å². The van der Waals surface area contributed by atoms with E-state index in [4.69, 9.17) is 11.6 Å². The topological polar surface area (TPSA) is 17.8 Å². The van der Waals surface area contributed by atoms with Gasteiger partial charge in [0.25, 0.3) is 0 Å². The molecule has 3 aromatic rings. The van der Waals surface area contributed by atoms with Crippen LogP contribution in [0.5, 0.6) is 0 Å². The fourth-order valence-electron chi connectivity index (χ4n) is 2.18. The summed E-state index contributed by atoms with van der Waals surface area (Å²) >= 11 is 15.0. The second kappa shape index (κ2) is 5.79. The third kappa shape index (κ3) is 2.82. The molecule has 2 heterocycles. The van der Waals surface area contributed by atoms with Gasteiger partial charge in [-0.1, -0.05) is 15.9 Å². The van der Waals surface area contributed by atoms with Crippen molar-refractivity contribution in [2.24, 2.45) is 0 Å². The lowest BCUT2D eigenvalue weighted by molar-refractivity contribution is 0.750. The summed E-state index contributed by atoms with van der Waals surface area (Å²) in [6.07, 6.45) is 0. The van der Waals surface area contributed by atoms with Gasteiger partial charge in [-0.25, -0.2) is 4.98 Å². The van der Waals surface area contributed by atoms with E-state index in [1.54, 1.807) is 11.3 Å². The molecule has 2 aromatic heterocycles. The first-order valence-corrected chi connectivity index (χ1v) is 8.97. The van der Waals surface area contributed by atoms with Crippen LogP contribution < -0.4 is 0 Å². The van der Waals surface area contributed by atoms with E-state index in [0.29, 0.717) is 0 Å². The lowest BCUT2D eigenvalue weighted by Gasteiger charge is -2.09. The minimum absolute atomic E-state index is 0.121. The number of hydrogen-bond acceptors (Lipinski definition) is 2. The van der Waals surface area contributed by atoms with Crippen molar-refractivity contribution in [3.63, 3.8) is 0 Å². The van der Waals surface area contributed by atoms with E-state index in [-0.39, 0.29) is 5.38 Å². The number of hydrogen-bond donors (Lipinski definition) is 0. The summed E-state index contributed by atoms with van der Waals surface area (Å²) in [7, 11) is 0. The summed E-state index contributed by atoms with van der Waals surface area (Å²) in [6.45, 7) is 2.74. The molecule has 1 unspecified atom stereocenters. The summed E-state index contributed by atoms with van der Waals surface area (Å²) in [6, 6.07) is 8.25. The van der Waals surface area contributed by atoms with Crippen LogP contribution in [0.4, 0.5) is 0 Å². The van der Waals surface area contributed by atoms with Crippen molar-refractivity contribution < 1.29 is 0 Å². The van der Waals surface area contributed by atoms with E-state index in [9.17, 15) is 0 Å². The van der Waals surface area contributed by atoms with Crippen molar-refractivity contribution in [1.29, 1.82) is 0 Å². The number of fused-ring (bicyclic) bond motifs is 1. The maximum Gasteiger partial charge on any atom is 0.128 e. The van der Waals surface area contributed by atoms with Gasteiger partial charge in [0, 0.05) is 19.2 Å². The Morgan fingerprint density at radius 2 is 2.10 bits per heavy atom. The molecule has 0 aliphatic heterocycles. The molecule has 0 aliphatic rings. The average Bonchev–Trinajstić information content (AvgIpc) is 2.95. The Balaban J connectivity index is 2.15. The maximum atomic E-state index is 6.29. The van der Waals surface area contributed by atoms with Crippen LogP contribution in [0, 0.1) is 0 Å². The van der Waals surface area contributed by atoms with Crippen molar-refractivity contribution in [1.82, 2.24) is 9.55 Å². The third-order valence-corrected chi connectivity index (χ3v) is 5.40. The van der Waals surface area contributed by atoms with Crippen LogP contribution in [0.1, 0.15) is 23.0 Å². The zero-order valence-electron chi connectivity index (χ0n) is 10.6. The van der Waals surface area contributed by atoms with Crippen molar-refractivity contribution in [2.75, 3.05) is 0 Å². The number of alkyl halides is 1. The smallest absolute Gasteiger partial charge is 0.128 e. The molecule has 1 aromatic carbocycles. The standard InChI is InChI=1S/C14H11Br2ClN2S/c1-8(17)14-18-12-3-2-9(15)5-13(12)19(14)6-11-4-10(16)7-20-11/h2-5,7-8H,6H2,1H3. The fraction of sp³-hybridized carbons (Fsp3) is 0.214. The molecule has 0 aliphatic carbocycles. The van der Waals surface area contributed by atoms with Crippen LogP contribution in [0.3, 0.4) is 0 Å². The quantitative estimate of drug-likeness (QED) is 0.464. The molecule has 104 valence electrons.